The van der Waals surface area contributed by atoms with E-state index in [1.165, 1.54) is 25.5 Å². The molecule has 0 saturated carbocycles. The molecule has 25 heavy (non-hydrogen) atoms. The third kappa shape index (κ3) is 5.96. The summed E-state index contributed by atoms with van der Waals surface area (Å²) in [5.74, 6) is 0.0551. The van der Waals surface area contributed by atoms with E-state index >= 15 is 0 Å². The highest BCUT2D eigenvalue weighted by molar-refractivity contribution is 9.10. The van der Waals surface area contributed by atoms with Crippen molar-refractivity contribution in [3.8, 4) is 0 Å². The van der Waals surface area contributed by atoms with E-state index in [0.29, 0.717) is 18.9 Å². The third-order valence-corrected chi connectivity index (χ3v) is 5.34. The van der Waals surface area contributed by atoms with E-state index in [1.54, 1.807) is 24.3 Å². The van der Waals surface area contributed by atoms with Gasteiger partial charge in [-0.05, 0) is 36.4 Å². The maximum Gasteiger partial charge on any atom is 0.241 e. The largest absolute Gasteiger partial charge is 0.468 e. The minimum Gasteiger partial charge on any atom is -0.468 e. The van der Waals surface area contributed by atoms with Crippen LogP contribution in [0, 0.1) is 0 Å². The van der Waals surface area contributed by atoms with E-state index in [-0.39, 0.29) is 17.2 Å². The first-order chi connectivity index (χ1) is 11.9. The minimum atomic E-state index is -3.81. The fourth-order valence-corrected chi connectivity index (χ4v) is 3.58. The molecule has 2 aromatic rings. The second-order valence-electron chi connectivity index (χ2n) is 5.19. The molecule has 9 heteroatoms. The fourth-order valence-electron chi connectivity index (χ4n) is 2.11. The number of ether oxygens (including phenoxy) is 1. The summed E-state index contributed by atoms with van der Waals surface area (Å²) in [6.45, 7) is 0.724. The number of carbonyl (C=O) groups is 1. The van der Waals surface area contributed by atoms with Gasteiger partial charge >= 0.3 is 0 Å². The van der Waals surface area contributed by atoms with Gasteiger partial charge in [0.15, 0.2) is 0 Å². The van der Waals surface area contributed by atoms with Crippen LogP contribution in [-0.4, -0.2) is 34.6 Å². The average molecular weight is 431 g/mol. The predicted octanol–water partition coefficient (Wildman–Crippen LogP) is 2.21. The summed E-state index contributed by atoms with van der Waals surface area (Å²) in [5, 5.41) is 2.66. The number of nitrogens with one attached hydrogen (secondary N) is 2. The number of halogens is 1. The molecule has 1 heterocycles. The van der Waals surface area contributed by atoms with Gasteiger partial charge in [0.2, 0.25) is 15.9 Å². The Bertz CT molecular complexity index is 775. The van der Waals surface area contributed by atoms with Crippen LogP contribution >= 0.6 is 15.9 Å². The van der Waals surface area contributed by atoms with Gasteiger partial charge in [0, 0.05) is 18.1 Å². The van der Waals surface area contributed by atoms with Crippen LogP contribution in [0.5, 0.6) is 0 Å². The Balaban J connectivity index is 2.13. The van der Waals surface area contributed by atoms with Crippen molar-refractivity contribution in [3.05, 3.63) is 52.9 Å². The smallest absolute Gasteiger partial charge is 0.241 e. The summed E-state index contributed by atoms with van der Waals surface area (Å²) in [7, 11) is -2.28. The Morgan fingerprint density at radius 1 is 1.28 bits per heavy atom. The summed E-state index contributed by atoms with van der Waals surface area (Å²) in [6, 6.07) is 8.67. The zero-order valence-corrected chi connectivity index (χ0v) is 16.0. The summed E-state index contributed by atoms with van der Waals surface area (Å²) in [6.07, 6.45) is 1.34. The van der Waals surface area contributed by atoms with Crippen molar-refractivity contribution in [2.45, 2.75) is 17.4 Å². The quantitative estimate of drug-likeness (QED) is 0.594. The van der Waals surface area contributed by atoms with E-state index in [1.807, 2.05) is 0 Å². The molecule has 0 aliphatic heterocycles. The van der Waals surface area contributed by atoms with Gasteiger partial charge in [-0.1, -0.05) is 15.9 Å². The third-order valence-electron chi connectivity index (χ3n) is 3.33. The second-order valence-corrected chi connectivity index (χ2v) is 7.82. The van der Waals surface area contributed by atoms with Gasteiger partial charge in [-0.2, -0.15) is 4.72 Å². The minimum absolute atomic E-state index is 0.0903. The summed E-state index contributed by atoms with van der Waals surface area (Å²) < 4.78 is 38.6. The number of hydrogen-bond donors (Lipinski definition) is 2. The van der Waals surface area contributed by atoms with Crippen molar-refractivity contribution in [1.29, 1.82) is 0 Å². The summed E-state index contributed by atoms with van der Waals surface area (Å²) in [4.78, 5) is 12.1. The van der Waals surface area contributed by atoms with E-state index < -0.39 is 16.1 Å². The fraction of sp³-hybridized carbons (Fsp3) is 0.312. The van der Waals surface area contributed by atoms with Crippen LogP contribution in [0.1, 0.15) is 18.2 Å². The monoisotopic (exact) mass is 430 g/mol. The zero-order valence-electron chi connectivity index (χ0n) is 13.6. The highest BCUT2D eigenvalue weighted by Gasteiger charge is 2.25. The summed E-state index contributed by atoms with van der Waals surface area (Å²) >= 11 is 3.26. The van der Waals surface area contributed by atoms with Gasteiger partial charge in [0.05, 0.1) is 30.2 Å². The standard InChI is InChI=1S/C16H19BrN2O5S/c1-23-10-8-18-16(20)11-14(15-3-2-9-24-15)19-25(21,22)13-6-4-12(17)5-7-13/h2-7,9,14,19H,8,10-11H2,1H3,(H,18,20). The number of hydrogen-bond acceptors (Lipinski definition) is 5. The van der Waals surface area contributed by atoms with E-state index in [0.717, 1.165) is 4.47 Å². The van der Waals surface area contributed by atoms with Crippen molar-refractivity contribution < 1.29 is 22.4 Å². The van der Waals surface area contributed by atoms with Gasteiger partial charge in [-0.25, -0.2) is 8.42 Å². The number of amides is 1. The molecular weight excluding hydrogens is 412 g/mol. The van der Waals surface area contributed by atoms with Gasteiger partial charge in [0.25, 0.3) is 0 Å². The van der Waals surface area contributed by atoms with Gasteiger partial charge in [-0.3, -0.25) is 4.79 Å². The van der Waals surface area contributed by atoms with E-state index in [4.69, 9.17) is 9.15 Å². The second kappa shape index (κ2) is 9.14. The molecule has 0 spiro atoms. The van der Waals surface area contributed by atoms with Crippen LogP contribution in [0.15, 0.2) is 56.4 Å². The van der Waals surface area contributed by atoms with E-state index in [2.05, 4.69) is 26.0 Å². The molecule has 1 unspecified atom stereocenters. The SMILES string of the molecule is COCCNC(=O)CC(NS(=O)(=O)c1ccc(Br)cc1)c1ccco1. The van der Waals surface area contributed by atoms with Crippen molar-refractivity contribution >= 4 is 31.9 Å². The number of carbonyl (C=O) groups excluding carboxylic acids is 1. The molecule has 1 atom stereocenters. The highest BCUT2D eigenvalue weighted by atomic mass is 79.9. The molecule has 136 valence electrons. The average Bonchev–Trinajstić information content (AvgIpc) is 3.09. The lowest BCUT2D eigenvalue weighted by Crippen LogP contribution is -2.34. The molecule has 2 rings (SSSR count). The molecule has 0 aliphatic rings. The lowest BCUT2D eigenvalue weighted by Gasteiger charge is -2.17. The number of rotatable bonds is 9. The molecule has 0 saturated heterocycles. The van der Waals surface area contributed by atoms with Gasteiger partial charge in [0.1, 0.15) is 5.76 Å². The normalized spacial score (nSPS) is 12.7. The molecule has 0 aliphatic carbocycles. The lowest BCUT2D eigenvalue weighted by atomic mass is 10.1. The topological polar surface area (TPSA) is 97.6 Å². The van der Waals surface area contributed by atoms with Crippen molar-refractivity contribution in [3.63, 3.8) is 0 Å². The van der Waals surface area contributed by atoms with Crippen LogP contribution in [0.4, 0.5) is 0 Å². The molecule has 0 bridgehead atoms. The first kappa shape index (κ1) is 19.6. The van der Waals surface area contributed by atoms with Crippen LogP contribution < -0.4 is 10.0 Å². The van der Waals surface area contributed by atoms with Gasteiger partial charge in [-0.15, -0.1) is 0 Å². The molecule has 0 radical (unpaired) electrons. The van der Waals surface area contributed by atoms with Crippen molar-refractivity contribution in [2.75, 3.05) is 20.3 Å². The number of sulfonamides is 1. The highest BCUT2D eigenvalue weighted by Crippen LogP contribution is 2.22. The zero-order chi connectivity index (χ0) is 18.3. The number of methoxy groups -OCH3 is 1. The van der Waals surface area contributed by atoms with Crippen molar-refractivity contribution in [1.82, 2.24) is 10.0 Å². The van der Waals surface area contributed by atoms with Crippen molar-refractivity contribution in [2.24, 2.45) is 0 Å². The Morgan fingerprint density at radius 3 is 2.60 bits per heavy atom. The van der Waals surface area contributed by atoms with Crippen LogP contribution in [0.3, 0.4) is 0 Å². The molecular formula is C16H19BrN2O5S. The van der Waals surface area contributed by atoms with Crippen LogP contribution in [0.2, 0.25) is 0 Å². The first-order valence-corrected chi connectivity index (χ1v) is 9.77. The van der Waals surface area contributed by atoms with Gasteiger partial charge < -0.3 is 14.5 Å². The Hall–Kier alpha value is -1.68. The molecule has 1 aromatic heterocycles. The molecule has 1 amide bonds. The Morgan fingerprint density at radius 2 is 2.00 bits per heavy atom. The predicted molar refractivity (Wildman–Crippen MR) is 95.4 cm³/mol. The molecule has 2 N–H and O–H groups in total. The number of benzene rings is 1. The molecule has 0 fully saturated rings. The maximum atomic E-state index is 12.6. The molecule has 7 nitrogen and oxygen atoms in total. The summed E-state index contributed by atoms with van der Waals surface area (Å²) in [5.41, 5.74) is 0. The van der Waals surface area contributed by atoms with E-state index in [9.17, 15) is 13.2 Å². The van der Waals surface area contributed by atoms with Crippen LogP contribution in [0.25, 0.3) is 0 Å². The Labute approximate surface area is 154 Å². The number of furan rings is 1. The molecule has 1 aromatic carbocycles. The maximum absolute atomic E-state index is 12.6. The lowest BCUT2D eigenvalue weighted by molar-refractivity contribution is -0.121. The van der Waals surface area contributed by atoms with Crippen LogP contribution in [-0.2, 0) is 19.6 Å². The Kier molecular flexibility index (Phi) is 7.18. The first-order valence-electron chi connectivity index (χ1n) is 7.49.